The van der Waals surface area contributed by atoms with Gasteiger partial charge >= 0.3 is 6.09 Å². The number of ketones is 2. The van der Waals surface area contributed by atoms with Crippen molar-refractivity contribution in [3.8, 4) is 11.8 Å². The molecule has 11 heteroatoms. The molecule has 45 heavy (non-hydrogen) atoms. The van der Waals surface area contributed by atoms with Gasteiger partial charge in [0.25, 0.3) is 0 Å². The second-order valence-corrected chi connectivity index (χ2v) is 15.0. The first-order chi connectivity index (χ1) is 21.1. The van der Waals surface area contributed by atoms with E-state index in [9.17, 15) is 14.4 Å². The maximum absolute atomic E-state index is 13.9. The van der Waals surface area contributed by atoms with Crippen LogP contribution in [0.1, 0.15) is 112 Å². The summed E-state index contributed by atoms with van der Waals surface area (Å²) >= 11 is 0. The highest BCUT2D eigenvalue weighted by molar-refractivity contribution is 6.17. The van der Waals surface area contributed by atoms with Gasteiger partial charge in [0.15, 0.2) is 11.6 Å². The van der Waals surface area contributed by atoms with E-state index in [1.165, 1.54) is 0 Å². The zero-order chi connectivity index (χ0) is 32.7. The Hall–Kier alpha value is -3.21. The van der Waals surface area contributed by atoms with E-state index in [-0.39, 0.29) is 47.2 Å². The number of allylic oxidation sites excluding steroid dienone is 1. The summed E-state index contributed by atoms with van der Waals surface area (Å²) in [6.45, 7) is 12.9. The minimum Gasteiger partial charge on any atom is -0.473 e. The molecule has 1 amide bonds. The van der Waals surface area contributed by atoms with Crippen molar-refractivity contribution in [1.29, 1.82) is 0 Å². The van der Waals surface area contributed by atoms with Crippen molar-refractivity contribution in [2.45, 2.75) is 135 Å². The van der Waals surface area contributed by atoms with Crippen LogP contribution in [0.2, 0.25) is 0 Å². The Bertz CT molecular complexity index is 1350. The lowest BCUT2D eigenvalue weighted by molar-refractivity contribution is -0.143. The number of Topliss-reactive ketones (excluding diaryl/α,β-unsaturated/α-hetero) is 2. The molecule has 3 heterocycles. The van der Waals surface area contributed by atoms with E-state index < -0.39 is 22.6 Å². The largest absolute Gasteiger partial charge is 0.473 e. The number of carbonyl (C=O) groups excluding carboxylic acids is 3. The maximum Gasteiger partial charge on any atom is 0.410 e. The SMILES string of the molecule is C[C@H](Oc1cc(OC2CN(C(=O)OC(C)(C)C)C(C)(C)C2)nc(C(N)=C2CCC[C@@]3(CCCCC3=O)C2=O)n1)[C@@H]1CCCN1C. The summed E-state index contributed by atoms with van der Waals surface area (Å²) in [5.41, 5.74) is 5.20. The predicted octanol–water partition coefficient (Wildman–Crippen LogP) is 5.06. The zero-order valence-corrected chi connectivity index (χ0v) is 28.1. The van der Waals surface area contributed by atoms with Gasteiger partial charge in [-0.3, -0.25) is 19.4 Å². The molecule has 5 rings (SSSR count). The molecule has 4 fully saturated rings. The summed E-state index contributed by atoms with van der Waals surface area (Å²) in [6.07, 6.45) is 6.19. The fourth-order valence-corrected chi connectivity index (χ4v) is 7.58. The monoisotopic (exact) mass is 625 g/mol. The predicted molar refractivity (Wildman–Crippen MR) is 170 cm³/mol. The molecule has 1 spiro atoms. The van der Waals surface area contributed by atoms with Crippen LogP contribution in [0.15, 0.2) is 11.6 Å². The highest BCUT2D eigenvalue weighted by atomic mass is 16.6. The molecule has 0 aromatic carbocycles. The van der Waals surface area contributed by atoms with E-state index >= 15 is 0 Å². The second-order valence-electron chi connectivity index (χ2n) is 15.0. The van der Waals surface area contributed by atoms with Gasteiger partial charge in [-0.2, -0.15) is 9.97 Å². The molecule has 1 aromatic rings. The third-order valence-corrected chi connectivity index (χ3v) is 9.95. The summed E-state index contributed by atoms with van der Waals surface area (Å²) in [5.74, 6) is 0.557. The molecule has 0 bridgehead atoms. The quantitative estimate of drug-likeness (QED) is 0.337. The number of rotatable bonds is 6. The molecule has 2 saturated carbocycles. The molecule has 2 N–H and O–H groups in total. The number of nitrogens with zero attached hydrogens (tertiary/aromatic N) is 4. The molecule has 11 nitrogen and oxygen atoms in total. The summed E-state index contributed by atoms with van der Waals surface area (Å²) in [4.78, 5) is 53.3. The van der Waals surface area contributed by atoms with Crippen LogP contribution in [0.25, 0.3) is 5.70 Å². The molecular formula is C34H51N5O6. The van der Waals surface area contributed by atoms with Crippen molar-refractivity contribution in [3.63, 3.8) is 0 Å². The van der Waals surface area contributed by atoms with E-state index in [1.54, 1.807) is 11.0 Å². The highest BCUT2D eigenvalue weighted by Gasteiger charge is 2.50. The number of amides is 1. The average molecular weight is 626 g/mol. The van der Waals surface area contributed by atoms with Gasteiger partial charge in [0.1, 0.15) is 23.6 Å². The molecule has 1 aromatic heterocycles. The molecule has 1 unspecified atom stereocenters. The Kier molecular flexibility index (Phi) is 9.23. The summed E-state index contributed by atoms with van der Waals surface area (Å²) in [7, 11) is 2.09. The fourth-order valence-electron chi connectivity index (χ4n) is 7.58. The van der Waals surface area contributed by atoms with Crippen LogP contribution in [0.5, 0.6) is 11.8 Å². The summed E-state index contributed by atoms with van der Waals surface area (Å²) in [6, 6.07) is 1.89. The number of likely N-dealkylation sites (tertiary alicyclic amines) is 2. The van der Waals surface area contributed by atoms with Crippen LogP contribution >= 0.6 is 0 Å². The first-order valence-corrected chi connectivity index (χ1v) is 16.6. The molecule has 248 valence electrons. The van der Waals surface area contributed by atoms with Crippen molar-refractivity contribution in [2.75, 3.05) is 20.1 Å². The van der Waals surface area contributed by atoms with Crippen LogP contribution in [-0.4, -0.2) is 87.0 Å². The first-order valence-electron chi connectivity index (χ1n) is 16.6. The Morgan fingerprint density at radius 1 is 1.07 bits per heavy atom. The lowest BCUT2D eigenvalue weighted by atomic mass is 9.62. The fraction of sp³-hybridized carbons (Fsp3) is 0.735. The molecule has 2 aliphatic heterocycles. The van der Waals surface area contributed by atoms with Crippen LogP contribution in [0.4, 0.5) is 4.79 Å². The number of aromatic nitrogens is 2. The molecule has 4 aliphatic rings. The van der Waals surface area contributed by atoms with E-state index in [0.717, 1.165) is 32.2 Å². The lowest BCUT2D eigenvalue weighted by Crippen LogP contribution is -2.45. The van der Waals surface area contributed by atoms with E-state index in [1.807, 2.05) is 41.5 Å². The zero-order valence-electron chi connectivity index (χ0n) is 28.1. The second kappa shape index (κ2) is 12.5. The van der Waals surface area contributed by atoms with Gasteiger partial charge in [0.2, 0.25) is 11.8 Å². The normalized spacial score (nSPS) is 29.2. The average Bonchev–Trinajstić information content (AvgIpc) is 3.51. The van der Waals surface area contributed by atoms with E-state index in [0.29, 0.717) is 56.5 Å². The van der Waals surface area contributed by atoms with Gasteiger partial charge in [-0.1, -0.05) is 6.42 Å². The minimum atomic E-state index is -0.980. The van der Waals surface area contributed by atoms with Gasteiger partial charge in [-0.25, -0.2) is 4.79 Å². The van der Waals surface area contributed by atoms with Crippen molar-refractivity contribution in [1.82, 2.24) is 19.8 Å². The summed E-state index contributed by atoms with van der Waals surface area (Å²) < 4.78 is 18.5. The van der Waals surface area contributed by atoms with Crippen LogP contribution in [-0.2, 0) is 14.3 Å². The number of carbonyl (C=O) groups is 3. The maximum atomic E-state index is 13.9. The number of hydrogen-bond donors (Lipinski definition) is 1. The van der Waals surface area contributed by atoms with Crippen molar-refractivity contribution in [3.05, 3.63) is 17.5 Å². The van der Waals surface area contributed by atoms with Gasteiger partial charge in [0.05, 0.1) is 23.7 Å². The molecular weight excluding hydrogens is 574 g/mol. The highest BCUT2D eigenvalue weighted by Crippen LogP contribution is 2.45. The van der Waals surface area contributed by atoms with Gasteiger partial charge in [0, 0.05) is 30.0 Å². The Labute approximate surface area is 267 Å². The van der Waals surface area contributed by atoms with E-state index in [2.05, 4.69) is 21.9 Å². The molecule has 0 radical (unpaired) electrons. The minimum absolute atomic E-state index is 0.0265. The van der Waals surface area contributed by atoms with Crippen molar-refractivity contribution in [2.24, 2.45) is 11.1 Å². The number of hydrogen-bond acceptors (Lipinski definition) is 10. The standard InChI is InChI=1S/C34H51N5O6/c1-21(24-13-11-17-38(24)7)43-26-18-27(44-22-19-33(5,6)39(20-22)31(42)45-32(2,3)4)37-30(36-26)28(35)23-12-10-16-34(29(23)41)15-9-8-14-25(34)40/h18,21-22,24H,8-17,19-20,35H2,1-7H3/t21-,22?,24-,34+/m0/s1. The van der Waals surface area contributed by atoms with Crippen molar-refractivity contribution < 1.29 is 28.6 Å². The third kappa shape index (κ3) is 6.98. The van der Waals surface area contributed by atoms with Gasteiger partial charge < -0.3 is 19.9 Å². The lowest BCUT2D eigenvalue weighted by Gasteiger charge is -2.38. The van der Waals surface area contributed by atoms with E-state index in [4.69, 9.17) is 19.9 Å². The molecule has 2 saturated heterocycles. The smallest absolute Gasteiger partial charge is 0.410 e. The number of likely N-dealkylation sites (N-methyl/N-ethyl adjacent to an activating group) is 1. The number of ether oxygens (including phenoxy) is 3. The van der Waals surface area contributed by atoms with Crippen LogP contribution in [0.3, 0.4) is 0 Å². The molecule has 4 atom stereocenters. The summed E-state index contributed by atoms with van der Waals surface area (Å²) in [5, 5.41) is 0. The Balaban J connectivity index is 1.45. The van der Waals surface area contributed by atoms with Crippen LogP contribution < -0.4 is 15.2 Å². The Morgan fingerprint density at radius 3 is 2.44 bits per heavy atom. The van der Waals surface area contributed by atoms with Gasteiger partial charge in [-0.15, -0.1) is 0 Å². The van der Waals surface area contributed by atoms with Crippen molar-refractivity contribution >= 4 is 23.4 Å². The Morgan fingerprint density at radius 2 is 1.78 bits per heavy atom. The van der Waals surface area contributed by atoms with Crippen LogP contribution in [0, 0.1) is 5.41 Å². The van der Waals surface area contributed by atoms with Gasteiger partial charge in [-0.05, 0) is 100 Å². The third-order valence-electron chi connectivity index (χ3n) is 9.95. The topological polar surface area (TPSA) is 137 Å². The first kappa shape index (κ1) is 33.2. The molecule has 2 aliphatic carbocycles. The number of nitrogens with two attached hydrogens (primary N) is 1.